The first-order valence-electron chi connectivity index (χ1n) is 6.13. The molecule has 1 aromatic heterocycles. The Morgan fingerprint density at radius 3 is 2.81 bits per heavy atom. The summed E-state index contributed by atoms with van der Waals surface area (Å²) in [5, 5.41) is 10.9. The average Bonchev–Trinajstić information content (AvgIpc) is 2.30. The van der Waals surface area contributed by atoms with Crippen molar-refractivity contribution in [3.8, 4) is 0 Å². The van der Waals surface area contributed by atoms with Gasteiger partial charge in [-0.2, -0.15) is 0 Å². The third-order valence-electron chi connectivity index (χ3n) is 3.75. The fourth-order valence-corrected chi connectivity index (χ4v) is 2.91. The summed E-state index contributed by atoms with van der Waals surface area (Å²) in [7, 11) is 0. The van der Waals surface area contributed by atoms with Gasteiger partial charge in [0, 0.05) is 12.4 Å². The van der Waals surface area contributed by atoms with E-state index >= 15 is 0 Å². The summed E-state index contributed by atoms with van der Waals surface area (Å²) in [6.45, 7) is 4.36. The van der Waals surface area contributed by atoms with Gasteiger partial charge in [-0.05, 0) is 24.7 Å². The van der Waals surface area contributed by atoms with Crippen LogP contribution in [0.2, 0.25) is 0 Å². The van der Waals surface area contributed by atoms with Crippen molar-refractivity contribution in [2.45, 2.75) is 45.1 Å². The second kappa shape index (κ2) is 4.50. The maximum atomic E-state index is 10.9. The van der Waals surface area contributed by atoms with Crippen LogP contribution in [0, 0.1) is 11.8 Å². The standard InChI is InChI=1S/C13H20N2O/c1-10(2)11-5-3-4-6-13(11,16)12-9-14-7-8-15-12/h7-11,16H,3-6H2,1-2H3. The van der Waals surface area contributed by atoms with Crippen molar-refractivity contribution in [1.82, 2.24) is 9.97 Å². The van der Waals surface area contributed by atoms with Crippen molar-refractivity contribution in [1.29, 1.82) is 0 Å². The number of rotatable bonds is 2. The predicted molar refractivity (Wildman–Crippen MR) is 62.7 cm³/mol. The average molecular weight is 220 g/mol. The molecule has 0 aliphatic heterocycles. The van der Waals surface area contributed by atoms with E-state index in [1.165, 1.54) is 6.42 Å². The number of hydrogen-bond acceptors (Lipinski definition) is 3. The van der Waals surface area contributed by atoms with Crippen molar-refractivity contribution in [2.24, 2.45) is 11.8 Å². The third kappa shape index (κ3) is 1.96. The van der Waals surface area contributed by atoms with Crippen LogP contribution in [-0.4, -0.2) is 15.1 Å². The Morgan fingerprint density at radius 2 is 2.19 bits per heavy atom. The molecule has 1 N–H and O–H groups in total. The molecule has 3 nitrogen and oxygen atoms in total. The molecule has 1 aliphatic rings. The van der Waals surface area contributed by atoms with E-state index in [9.17, 15) is 5.11 Å². The summed E-state index contributed by atoms with van der Waals surface area (Å²) < 4.78 is 0. The van der Waals surface area contributed by atoms with E-state index in [4.69, 9.17) is 0 Å². The molecule has 1 fully saturated rings. The molecule has 1 aromatic rings. The topological polar surface area (TPSA) is 46.0 Å². The Balaban J connectivity index is 2.33. The lowest BCUT2D eigenvalue weighted by Crippen LogP contribution is -2.41. The molecule has 1 aliphatic carbocycles. The lowest BCUT2D eigenvalue weighted by Gasteiger charge is -2.41. The van der Waals surface area contributed by atoms with Gasteiger partial charge >= 0.3 is 0 Å². The molecule has 1 heterocycles. The summed E-state index contributed by atoms with van der Waals surface area (Å²) in [5.41, 5.74) is -0.0193. The second-order valence-electron chi connectivity index (χ2n) is 5.11. The number of hydrogen-bond donors (Lipinski definition) is 1. The molecule has 2 atom stereocenters. The first-order valence-corrected chi connectivity index (χ1v) is 6.13. The first-order chi connectivity index (χ1) is 7.64. The smallest absolute Gasteiger partial charge is 0.111 e. The summed E-state index contributed by atoms with van der Waals surface area (Å²) in [6.07, 6.45) is 9.22. The van der Waals surface area contributed by atoms with Gasteiger partial charge in [0.2, 0.25) is 0 Å². The van der Waals surface area contributed by atoms with Crippen LogP contribution < -0.4 is 0 Å². The van der Waals surface area contributed by atoms with Gasteiger partial charge in [0.05, 0.1) is 11.9 Å². The van der Waals surface area contributed by atoms with Crippen LogP contribution in [0.3, 0.4) is 0 Å². The van der Waals surface area contributed by atoms with E-state index in [2.05, 4.69) is 23.8 Å². The van der Waals surface area contributed by atoms with Crippen molar-refractivity contribution in [2.75, 3.05) is 0 Å². The third-order valence-corrected chi connectivity index (χ3v) is 3.75. The molecule has 1 saturated carbocycles. The molecule has 0 aromatic carbocycles. The molecule has 2 unspecified atom stereocenters. The van der Waals surface area contributed by atoms with Crippen LogP contribution in [0.15, 0.2) is 18.6 Å². The Bertz CT molecular complexity index is 339. The molecule has 0 spiro atoms. The summed E-state index contributed by atoms with van der Waals surface area (Å²) in [6, 6.07) is 0. The minimum absolute atomic E-state index is 0.304. The molecular formula is C13H20N2O. The van der Waals surface area contributed by atoms with Crippen molar-refractivity contribution in [3.05, 3.63) is 24.3 Å². The molecule has 16 heavy (non-hydrogen) atoms. The van der Waals surface area contributed by atoms with Crippen LogP contribution >= 0.6 is 0 Å². The Morgan fingerprint density at radius 1 is 1.38 bits per heavy atom. The van der Waals surface area contributed by atoms with Crippen LogP contribution in [-0.2, 0) is 5.60 Å². The zero-order valence-corrected chi connectivity index (χ0v) is 10.1. The normalized spacial score (nSPS) is 30.6. The van der Waals surface area contributed by atoms with Gasteiger partial charge in [-0.15, -0.1) is 0 Å². The highest BCUT2D eigenvalue weighted by atomic mass is 16.3. The van der Waals surface area contributed by atoms with Crippen LogP contribution in [0.5, 0.6) is 0 Å². The fourth-order valence-electron chi connectivity index (χ4n) is 2.91. The molecule has 0 saturated heterocycles. The molecule has 0 bridgehead atoms. The number of aromatic nitrogens is 2. The molecule has 0 amide bonds. The van der Waals surface area contributed by atoms with Crippen LogP contribution in [0.1, 0.15) is 45.2 Å². The maximum absolute atomic E-state index is 10.9. The molecule has 88 valence electrons. The van der Waals surface area contributed by atoms with E-state index in [1.807, 2.05) is 0 Å². The lowest BCUT2D eigenvalue weighted by atomic mass is 9.69. The minimum atomic E-state index is -0.763. The Hall–Kier alpha value is -0.960. The Labute approximate surface area is 96.9 Å². The first kappa shape index (κ1) is 11.5. The monoisotopic (exact) mass is 220 g/mol. The zero-order valence-electron chi connectivity index (χ0n) is 10.1. The van der Waals surface area contributed by atoms with Gasteiger partial charge in [0.15, 0.2) is 0 Å². The minimum Gasteiger partial charge on any atom is -0.383 e. The van der Waals surface area contributed by atoms with Crippen molar-refractivity contribution < 1.29 is 5.11 Å². The van der Waals surface area contributed by atoms with E-state index < -0.39 is 5.60 Å². The van der Waals surface area contributed by atoms with Crippen molar-refractivity contribution >= 4 is 0 Å². The highest BCUT2D eigenvalue weighted by Crippen LogP contribution is 2.44. The second-order valence-corrected chi connectivity index (χ2v) is 5.11. The van der Waals surface area contributed by atoms with Crippen molar-refractivity contribution in [3.63, 3.8) is 0 Å². The van der Waals surface area contributed by atoms with Gasteiger partial charge in [-0.1, -0.05) is 26.7 Å². The van der Waals surface area contributed by atoms with E-state index in [-0.39, 0.29) is 0 Å². The van der Waals surface area contributed by atoms with Gasteiger partial charge in [0.1, 0.15) is 5.60 Å². The van der Waals surface area contributed by atoms with Gasteiger partial charge in [0.25, 0.3) is 0 Å². The Kier molecular flexibility index (Phi) is 3.24. The van der Waals surface area contributed by atoms with E-state index in [0.29, 0.717) is 11.8 Å². The molecular weight excluding hydrogens is 200 g/mol. The van der Waals surface area contributed by atoms with Crippen LogP contribution in [0.4, 0.5) is 0 Å². The summed E-state index contributed by atoms with van der Waals surface area (Å²) >= 11 is 0. The number of aliphatic hydroxyl groups is 1. The highest BCUT2D eigenvalue weighted by Gasteiger charge is 2.42. The van der Waals surface area contributed by atoms with Gasteiger partial charge in [-0.3, -0.25) is 9.97 Å². The van der Waals surface area contributed by atoms with Crippen LogP contribution in [0.25, 0.3) is 0 Å². The SMILES string of the molecule is CC(C)C1CCCCC1(O)c1cnccn1. The summed E-state index contributed by atoms with van der Waals surface area (Å²) in [5.74, 6) is 0.783. The van der Waals surface area contributed by atoms with Gasteiger partial charge in [-0.25, -0.2) is 0 Å². The molecule has 2 rings (SSSR count). The largest absolute Gasteiger partial charge is 0.383 e. The number of nitrogens with zero attached hydrogens (tertiary/aromatic N) is 2. The van der Waals surface area contributed by atoms with E-state index in [0.717, 1.165) is 25.0 Å². The predicted octanol–water partition coefficient (Wildman–Crippen LogP) is 2.51. The molecule has 3 heteroatoms. The summed E-state index contributed by atoms with van der Waals surface area (Å²) in [4.78, 5) is 8.37. The maximum Gasteiger partial charge on any atom is 0.111 e. The van der Waals surface area contributed by atoms with E-state index in [1.54, 1.807) is 18.6 Å². The lowest BCUT2D eigenvalue weighted by molar-refractivity contribution is -0.0757. The zero-order chi connectivity index (χ0) is 11.6. The fraction of sp³-hybridized carbons (Fsp3) is 0.692. The quantitative estimate of drug-likeness (QED) is 0.833. The molecule has 0 radical (unpaired) electrons. The highest BCUT2D eigenvalue weighted by molar-refractivity contribution is 5.11. The van der Waals surface area contributed by atoms with Gasteiger partial charge < -0.3 is 5.11 Å².